The van der Waals surface area contributed by atoms with Crippen molar-refractivity contribution in [2.24, 2.45) is 0 Å². The number of hydrogen-bond acceptors (Lipinski definition) is 1. The fraction of sp³-hybridized carbons (Fsp3) is 0.333. The highest BCUT2D eigenvalue weighted by atomic mass is 19.4. The Morgan fingerprint density at radius 3 is 2.56 bits per heavy atom. The second-order valence-electron chi connectivity index (χ2n) is 3.50. The lowest BCUT2D eigenvalue weighted by Gasteiger charge is -2.18. The Morgan fingerprint density at radius 2 is 2.00 bits per heavy atom. The molecule has 0 heterocycles. The van der Waals surface area contributed by atoms with Crippen LogP contribution in [0.2, 0.25) is 0 Å². The predicted molar refractivity (Wildman–Crippen MR) is 58.1 cm³/mol. The highest BCUT2D eigenvalue weighted by molar-refractivity contribution is 5.32. The summed E-state index contributed by atoms with van der Waals surface area (Å²) in [4.78, 5) is 0. The quantitative estimate of drug-likeness (QED) is 0.778. The van der Waals surface area contributed by atoms with Crippen molar-refractivity contribution in [2.75, 3.05) is 6.54 Å². The SMILES string of the molecule is C=CCNC(C)c1ccccc1C(F)(F)F. The van der Waals surface area contributed by atoms with Gasteiger partial charge in [0.25, 0.3) is 0 Å². The molecule has 0 aliphatic rings. The highest BCUT2D eigenvalue weighted by Crippen LogP contribution is 2.34. The zero-order valence-corrected chi connectivity index (χ0v) is 9.01. The van der Waals surface area contributed by atoms with Crippen LogP contribution in [0.25, 0.3) is 0 Å². The van der Waals surface area contributed by atoms with Crippen LogP contribution >= 0.6 is 0 Å². The molecule has 0 bridgehead atoms. The molecule has 1 nitrogen and oxygen atoms in total. The van der Waals surface area contributed by atoms with Crippen LogP contribution < -0.4 is 5.32 Å². The Morgan fingerprint density at radius 1 is 1.38 bits per heavy atom. The minimum Gasteiger partial charge on any atom is -0.307 e. The van der Waals surface area contributed by atoms with Gasteiger partial charge in [0.1, 0.15) is 0 Å². The molecule has 0 amide bonds. The summed E-state index contributed by atoms with van der Waals surface area (Å²) < 4.78 is 38.0. The van der Waals surface area contributed by atoms with E-state index in [0.29, 0.717) is 6.54 Å². The summed E-state index contributed by atoms with van der Waals surface area (Å²) in [6.07, 6.45) is -2.69. The van der Waals surface area contributed by atoms with Crippen LogP contribution in [0.15, 0.2) is 36.9 Å². The van der Waals surface area contributed by atoms with Gasteiger partial charge in [-0.2, -0.15) is 13.2 Å². The van der Waals surface area contributed by atoms with E-state index in [2.05, 4.69) is 11.9 Å². The summed E-state index contributed by atoms with van der Waals surface area (Å²) in [7, 11) is 0. The van der Waals surface area contributed by atoms with E-state index in [0.717, 1.165) is 6.07 Å². The summed E-state index contributed by atoms with van der Waals surface area (Å²) in [5, 5.41) is 2.94. The van der Waals surface area contributed by atoms with E-state index in [-0.39, 0.29) is 11.6 Å². The first-order chi connectivity index (χ1) is 7.46. The molecule has 0 saturated carbocycles. The van der Waals surface area contributed by atoms with Gasteiger partial charge in [-0.1, -0.05) is 24.3 Å². The van der Waals surface area contributed by atoms with E-state index >= 15 is 0 Å². The molecule has 16 heavy (non-hydrogen) atoms. The van der Waals surface area contributed by atoms with Crippen LogP contribution in [0.1, 0.15) is 24.1 Å². The average molecular weight is 229 g/mol. The zero-order valence-electron chi connectivity index (χ0n) is 9.01. The first-order valence-corrected chi connectivity index (χ1v) is 4.97. The van der Waals surface area contributed by atoms with Crippen molar-refractivity contribution in [1.82, 2.24) is 5.32 Å². The molecule has 0 aliphatic heterocycles. The van der Waals surface area contributed by atoms with Crippen molar-refractivity contribution < 1.29 is 13.2 Å². The monoisotopic (exact) mass is 229 g/mol. The van der Waals surface area contributed by atoms with Gasteiger partial charge < -0.3 is 5.32 Å². The third-order valence-electron chi connectivity index (χ3n) is 2.30. The lowest BCUT2D eigenvalue weighted by Crippen LogP contribution is -2.21. The normalized spacial score (nSPS) is 13.5. The maximum absolute atomic E-state index is 12.7. The van der Waals surface area contributed by atoms with Gasteiger partial charge in [0.05, 0.1) is 5.56 Å². The van der Waals surface area contributed by atoms with Gasteiger partial charge in [-0.05, 0) is 18.6 Å². The van der Waals surface area contributed by atoms with Gasteiger partial charge in [0, 0.05) is 12.6 Å². The Balaban J connectivity index is 2.99. The second-order valence-corrected chi connectivity index (χ2v) is 3.50. The second kappa shape index (κ2) is 5.16. The lowest BCUT2D eigenvalue weighted by atomic mass is 10.0. The summed E-state index contributed by atoms with van der Waals surface area (Å²) in [6, 6.07) is 5.24. The number of nitrogens with one attached hydrogen (secondary N) is 1. The number of halogens is 3. The first kappa shape index (κ1) is 12.8. The Hall–Kier alpha value is -1.29. The molecule has 1 aromatic rings. The third-order valence-corrected chi connectivity index (χ3v) is 2.30. The standard InChI is InChI=1S/C12H14F3N/c1-3-8-16-9(2)10-6-4-5-7-11(10)12(13,14)15/h3-7,9,16H,1,8H2,2H3. The molecule has 88 valence electrons. The summed E-state index contributed by atoms with van der Waals surface area (Å²) in [5.74, 6) is 0. The van der Waals surface area contributed by atoms with E-state index < -0.39 is 11.7 Å². The van der Waals surface area contributed by atoms with E-state index in [1.54, 1.807) is 19.1 Å². The van der Waals surface area contributed by atoms with Gasteiger partial charge in [-0.25, -0.2) is 0 Å². The molecular formula is C12H14F3N. The van der Waals surface area contributed by atoms with Crippen LogP contribution in [-0.2, 0) is 6.18 Å². The fourth-order valence-corrected chi connectivity index (χ4v) is 1.50. The van der Waals surface area contributed by atoms with Crippen molar-refractivity contribution in [3.05, 3.63) is 48.0 Å². The van der Waals surface area contributed by atoms with Gasteiger partial charge in [0.15, 0.2) is 0 Å². The summed E-state index contributed by atoms with van der Waals surface area (Å²) in [6.45, 7) is 5.69. The largest absolute Gasteiger partial charge is 0.416 e. The minimum atomic E-state index is -4.30. The van der Waals surface area contributed by atoms with Gasteiger partial charge in [-0.15, -0.1) is 6.58 Å². The van der Waals surface area contributed by atoms with Crippen LogP contribution in [-0.4, -0.2) is 6.54 Å². The minimum absolute atomic E-state index is 0.261. The molecule has 0 fully saturated rings. The molecule has 0 aliphatic carbocycles. The number of rotatable bonds is 4. The maximum atomic E-state index is 12.7. The predicted octanol–water partition coefficient (Wildman–Crippen LogP) is 3.54. The third kappa shape index (κ3) is 3.10. The van der Waals surface area contributed by atoms with E-state index in [1.165, 1.54) is 12.1 Å². The molecule has 1 N–H and O–H groups in total. The molecule has 0 spiro atoms. The lowest BCUT2D eigenvalue weighted by molar-refractivity contribution is -0.138. The Bertz CT molecular complexity index is 358. The number of hydrogen-bond donors (Lipinski definition) is 1. The fourth-order valence-electron chi connectivity index (χ4n) is 1.50. The van der Waals surface area contributed by atoms with E-state index in [9.17, 15) is 13.2 Å². The Kier molecular flexibility index (Phi) is 4.12. The maximum Gasteiger partial charge on any atom is 0.416 e. The van der Waals surface area contributed by atoms with Crippen molar-refractivity contribution in [3.63, 3.8) is 0 Å². The smallest absolute Gasteiger partial charge is 0.307 e. The first-order valence-electron chi connectivity index (χ1n) is 4.97. The molecule has 4 heteroatoms. The highest BCUT2D eigenvalue weighted by Gasteiger charge is 2.33. The molecule has 1 unspecified atom stereocenters. The van der Waals surface area contributed by atoms with Gasteiger partial charge in [0.2, 0.25) is 0 Å². The van der Waals surface area contributed by atoms with Crippen LogP contribution in [0, 0.1) is 0 Å². The number of benzene rings is 1. The Labute approximate surface area is 93.0 Å². The van der Waals surface area contributed by atoms with Crippen molar-refractivity contribution >= 4 is 0 Å². The molecule has 1 rings (SSSR count). The van der Waals surface area contributed by atoms with Crippen LogP contribution in [0.4, 0.5) is 13.2 Å². The molecule has 0 radical (unpaired) electrons. The molecule has 0 aromatic heterocycles. The number of alkyl halides is 3. The topological polar surface area (TPSA) is 12.0 Å². The molecule has 0 saturated heterocycles. The summed E-state index contributed by atoms with van der Waals surface area (Å²) >= 11 is 0. The van der Waals surface area contributed by atoms with Gasteiger partial charge in [-0.3, -0.25) is 0 Å². The van der Waals surface area contributed by atoms with Crippen molar-refractivity contribution in [1.29, 1.82) is 0 Å². The van der Waals surface area contributed by atoms with E-state index in [4.69, 9.17) is 0 Å². The van der Waals surface area contributed by atoms with Gasteiger partial charge >= 0.3 is 6.18 Å². The molecule has 1 aromatic carbocycles. The average Bonchev–Trinajstić information content (AvgIpc) is 2.24. The van der Waals surface area contributed by atoms with Crippen LogP contribution in [0.5, 0.6) is 0 Å². The van der Waals surface area contributed by atoms with Crippen LogP contribution in [0.3, 0.4) is 0 Å². The zero-order chi connectivity index (χ0) is 12.2. The molecule has 1 atom stereocenters. The molecular weight excluding hydrogens is 215 g/mol. The van der Waals surface area contributed by atoms with Crippen molar-refractivity contribution in [3.8, 4) is 0 Å². The van der Waals surface area contributed by atoms with E-state index in [1.807, 2.05) is 0 Å². The summed E-state index contributed by atoms with van der Waals surface area (Å²) in [5.41, 5.74) is -0.323. The van der Waals surface area contributed by atoms with Crippen molar-refractivity contribution in [2.45, 2.75) is 19.1 Å².